The molecule has 3 unspecified atom stereocenters. The predicted octanol–water partition coefficient (Wildman–Crippen LogP) is 2.65. The number of nitrogens with two attached hydrogens (primary N) is 1. The molecule has 14 heavy (non-hydrogen) atoms. The van der Waals surface area contributed by atoms with Crippen molar-refractivity contribution in [2.24, 2.45) is 17.6 Å². The first-order valence-corrected chi connectivity index (χ1v) is 5.13. The second-order valence-electron chi connectivity index (χ2n) is 4.41. The van der Waals surface area contributed by atoms with Gasteiger partial charge in [0.05, 0.1) is 0 Å². The van der Waals surface area contributed by atoms with E-state index in [0.717, 1.165) is 12.0 Å². The summed E-state index contributed by atoms with van der Waals surface area (Å²) < 4.78 is 13.0. The second kappa shape index (κ2) is 3.35. The molecule has 0 fully saturated rings. The molecule has 1 aromatic rings. The molecule has 3 atom stereocenters. The molecular weight excluding hydrogens is 177 g/mol. The van der Waals surface area contributed by atoms with Crippen LogP contribution in [-0.2, 0) is 6.42 Å². The third-order valence-electron chi connectivity index (χ3n) is 3.47. The summed E-state index contributed by atoms with van der Waals surface area (Å²) in [5.41, 5.74) is 8.29. The number of hydrogen-bond donors (Lipinski definition) is 1. The van der Waals surface area contributed by atoms with E-state index in [1.807, 2.05) is 6.07 Å². The molecular formula is C12H16FN. The van der Waals surface area contributed by atoms with Gasteiger partial charge in [0, 0.05) is 6.04 Å². The van der Waals surface area contributed by atoms with Gasteiger partial charge >= 0.3 is 0 Å². The van der Waals surface area contributed by atoms with E-state index in [1.165, 1.54) is 11.6 Å². The lowest BCUT2D eigenvalue weighted by molar-refractivity contribution is 0.303. The van der Waals surface area contributed by atoms with Crippen LogP contribution < -0.4 is 5.73 Å². The van der Waals surface area contributed by atoms with Crippen molar-refractivity contribution in [3.05, 3.63) is 35.1 Å². The van der Waals surface area contributed by atoms with E-state index in [9.17, 15) is 4.39 Å². The highest BCUT2D eigenvalue weighted by atomic mass is 19.1. The molecule has 0 saturated heterocycles. The van der Waals surface area contributed by atoms with Gasteiger partial charge in [-0.1, -0.05) is 19.9 Å². The summed E-state index contributed by atoms with van der Waals surface area (Å²) in [6, 6.07) is 4.97. The minimum absolute atomic E-state index is 0.00977. The molecule has 1 aliphatic rings. The number of benzene rings is 1. The highest BCUT2D eigenvalue weighted by Gasteiger charge is 2.28. The molecule has 0 spiro atoms. The molecule has 0 heterocycles. The van der Waals surface area contributed by atoms with E-state index >= 15 is 0 Å². The summed E-state index contributed by atoms with van der Waals surface area (Å²) in [7, 11) is 0. The fourth-order valence-electron chi connectivity index (χ4n) is 2.23. The van der Waals surface area contributed by atoms with Gasteiger partial charge in [-0.05, 0) is 41.5 Å². The fraction of sp³-hybridized carbons (Fsp3) is 0.500. The summed E-state index contributed by atoms with van der Waals surface area (Å²) in [4.78, 5) is 0. The minimum atomic E-state index is -0.180. The van der Waals surface area contributed by atoms with E-state index in [4.69, 9.17) is 5.73 Å². The van der Waals surface area contributed by atoms with Gasteiger partial charge in [0.25, 0.3) is 0 Å². The van der Waals surface area contributed by atoms with Gasteiger partial charge in [-0.15, -0.1) is 0 Å². The van der Waals surface area contributed by atoms with E-state index in [0.29, 0.717) is 11.8 Å². The molecule has 1 aliphatic carbocycles. The lowest BCUT2D eigenvalue weighted by atomic mass is 9.75. The van der Waals surface area contributed by atoms with Crippen LogP contribution in [0.4, 0.5) is 4.39 Å². The summed E-state index contributed by atoms with van der Waals surface area (Å²) in [5, 5.41) is 0. The summed E-state index contributed by atoms with van der Waals surface area (Å²) in [6.07, 6.45) is 1.02. The maximum atomic E-state index is 13.0. The Morgan fingerprint density at radius 1 is 1.36 bits per heavy atom. The first-order valence-electron chi connectivity index (χ1n) is 5.13. The van der Waals surface area contributed by atoms with Crippen molar-refractivity contribution in [1.82, 2.24) is 0 Å². The summed E-state index contributed by atoms with van der Waals surface area (Å²) in [6.45, 7) is 4.35. The minimum Gasteiger partial charge on any atom is -0.324 e. The molecule has 0 radical (unpaired) electrons. The van der Waals surface area contributed by atoms with E-state index in [-0.39, 0.29) is 11.9 Å². The zero-order chi connectivity index (χ0) is 10.3. The molecule has 0 bridgehead atoms. The van der Waals surface area contributed by atoms with Gasteiger partial charge in [0.1, 0.15) is 5.82 Å². The fourth-order valence-corrected chi connectivity index (χ4v) is 2.23. The monoisotopic (exact) mass is 193 g/mol. The Morgan fingerprint density at radius 3 is 2.79 bits per heavy atom. The van der Waals surface area contributed by atoms with Gasteiger partial charge in [0.2, 0.25) is 0 Å². The van der Waals surface area contributed by atoms with Crippen molar-refractivity contribution in [2.75, 3.05) is 0 Å². The first-order chi connectivity index (χ1) is 6.59. The Hall–Kier alpha value is -0.890. The van der Waals surface area contributed by atoms with Gasteiger partial charge < -0.3 is 5.73 Å². The summed E-state index contributed by atoms with van der Waals surface area (Å²) in [5.74, 6) is 0.841. The topological polar surface area (TPSA) is 26.0 Å². The van der Waals surface area contributed by atoms with Gasteiger partial charge in [-0.25, -0.2) is 4.39 Å². The molecule has 2 heteroatoms. The van der Waals surface area contributed by atoms with Crippen molar-refractivity contribution in [3.8, 4) is 0 Å². The lowest BCUT2D eigenvalue weighted by Crippen LogP contribution is -2.31. The maximum Gasteiger partial charge on any atom is 0.123 e. The third-order valence-corrected chi connectivity index (χ3v) is 3.47. The molecule has 1 aromatic carbocycles. The number of halogens is 1. The number of fused-ring (bicyclic) bond motifs is 1. The number of rotatable bonds is 0. The van der Waals surface area contributed by atoms with Crippen molar-refractivity contribution in [1.29, 1.82) is 0 Å². The van der Waals surface area contributed by atoms with Gasteiger partial charge in [0.15, 0.2) is 0 Å². The van der Waals surface area contributed by atoms with Crippen molar-refractivity contribution < 1.29 is 4.39 Å². The molecule has 0 saturated carbocycles. The van der Waals surface area contributed by atoms with Crippen LogP contribution in [0.2, 0.25) is 0 Å². The van der Waals surface area contributed by atoms with E-state index in [1.54, 1.807) is 6.07 Å². The van der Waals surface area contributed by atoms with Crippen molar-refractivity contribution >= 4 is 0 Å². The summed E-state index contributed by atoms with van der Waals surface area (Å²) >= 11 is 0. The first kappa shape index (κ1) is 9.66. The van der Waals surface area contributed by atoms with Crippen LogP contribution in [0.15, 0.2) is 18.2 Å². The molecule has 0 amide bonds. The quantitative estimate of drug-likeness (QED) is 0.673. The van der Waals surface area contributed by atoms with Crippen molar-refractivity contribution in [2.45, 2.75) is 26.3 Å². The highest BCUT2D eigenvalue weighted by molar-refractivity contribution is 5.33. The molecule has 0 aromatic heterocycles. The smallest absolute Gasteiger partial charge is 0.123 e. The average molecular weight is 193 g/mol. The Bertz CT molecular complexity index is 348. The maximum absolute atomic E-state index is 13.0. The third kappa shape index (κ3) is 1.44. The van der Waals surface area contributed by atoms with Crippen LogP contribution in [0.5, 0.6) is 0 Å². The van der Waals surface area contributed by atoms with Gasteiger partial charge in [-0.3, -0.25) is 0 Å². The van der Waals surface area contributed by atoms with Crippen LogP contribution in [-0.4, -0.2) is 0 Å². The van der Waals surface area contributed by atoms with Crippen LogP contribution in [0.25, 0.3) is 0 Å². The van der Waals surface area contributed by atoms with E-state index in [2.05, 4.69) is 13.8 Å². The van der Waals surface area contributed by atoms with Crippen LogP contribution in [0.1, 0.15) is 31.0 Å². The van der Waals surface area contributed by atoms with E-state index < -0.39 is 0 Å². The lowest BCUT2D eigenvalue weighted by Gasteiger charge is -2.33. The normalized spacial score (nSPS) is 31.3. The Balaban J connectivity index is 2.46. The molecule has 1 nitrogen and oxygen atoms in total. The molecule has 2 rings (SSSR count). The Labute approximate surface area is 84.1 Å². The Kier molecular flexibility index (Phi) is 2.31. The largest absolute Gasteiger partial charge is 0.324 e. The average Bonchev–Trinajstić information content (AvgIpc) is 2.16. The van der Waals surface area contributed by atoms with Crippen LogP contribution in [0.3, 0.4) is 0 Å². The van der Waals surface area contributed by atoms with Crippen molar-refractivity contribution in [3.63, 3.8) is 0 Å². The highest BCUT2D eigenvalue weighted by Crippen LogP contribution is 2.36. The number of hydrogen-bond acceptors (Lipinski definition) is 1. The molecule has 76 valence electrons. The standard InChI is InChI=1S/C12H16FN/c1-7-5-9-3-4-10(13)6-11(9)12(14)8(7)2/h3-4,6-8,12H,5,14H2,1-2H3. The second-order valence-corrected chi connectivity index (χ2v) is 4.41. The zero-order valence-electron chi connectivity index (χ0n) is 8.63. The molecule has 2 N–H and O–H groups in total. The Morgan fingerprint density at radius 2 is 2.07 bits per heavy atom. The predicted molar refractivity (Wildman–Crippen MR) is 55.4 cm³/mol. The zero-order valence-corrected chi connectivity index (χ0v) is 8.63. The van der Waals surface area contributed by atoms with Crippen LogP contribution >= 0.6 is 0 Å². The molecule has 0 aliphatic heterocycles. The SMILES string of the molecule is CC1Cc2ccc(F)cc2C(N)C1C. The van der Waals surface area contributed by atoms with Gasteiger partial charge in [-0.2, -0.15) is 0 Å². The van der Waals surface area contributed by atoms with Crippen LogP contribution in [0, 0.1) is 17.7 Å².